The Balaban J connectivity index is 1.84. The fraction of sp³-hybridized carbons (Fsp3) is 0.235. The molecule has 1 amide bonds. The predicted octanol–water partition coefficient (Wildman–Crippen LogP) is 3.03. The quantitative estimate of drug-likeness (QED) is 0.946. The van der Waals surface area contributed by atoms with Gasteiger partial charge in [0.25, 0.3) is 5.91 Å². The Morgan fingerprint density at radius 1 is 1.14 bits per heavy atom. The number of hydrogen-bond donors (Lipinski definition) is 1. The lowest BCUT2D eigenvalue weighted by Crippen LogP contribution is -2.17. The van der Waals surface area contributed by atoms with Crippen LogP contribution in [-0.4, -0.2) is 26.2 Å². The average molecular weight is 299 g/mol. The number of aryl methyl sites for hydroxylation is 1. The lowest BCUT2D eigenvalue weighted by atomic mass is 10.1. The molecule has 0 bridgehead atoms. The zero-order chi connectivity index (χ0) is 15.5. The number of ether oxygens (including phenoxy) is 3. The molecule has 0 spiro atoms. The molecule has 0 fully saturated rings. The van der Waals surface area contributed by atoms with Crippen molar-refractivity contribution in [2.45, 2.75) is 6.92 Å². The van der Waals surface area contributed by atoms with E-state index in [1.54, 1.807) is 37.4 Å². The molecule has 1 aliphatic heterocycles. The number of carbonyl (C=O) groups excluding carboxylic acids is 1. The normalized spacial score (nSPS) is 12.6. The minimum atomic E-state index is -0.196. The Morgan fingerprint density at radius 2 is 1.86 bits per heavy atom. The maximum absolute atomic E-state index is 12.4. The third kappa shape index (κ3) is 2.83. The van der Waals surface area contributed by atoms with Gasteiger partial charge in [-0.15, -0.1) is 0 Å². The lowest BCUT2D eigenvalue weighted by Gasteiger charge is -2.20. The van der Waals surface area contributed by atoms with E-state index >= 15 is 0 Å². The summed E-state index contributed by atoms with van der Waals surface area (Å²) in [4.78, 5) is 12.4. The van der Waals surface area contributed by atoms with Gasteiger partial charge in [0, 0.05) is 17.3 Å². The highest BCUT2D eigenvalue weighted by Gasteiger charge is 2.16. The Hall–Kier alpha value is -2.69. The zero-order valence-corrected chi connectivity index (χ0v) is 12.5. The molecule has 2 aromatic rings. The van der Waals surface area contributed by atoms with Gasteiger partial charge in [-0.3, -0.25) is 4.79 Å². The molecular formula is C17H17NO4. The van der Waals surface area contributed by atoms with Crippen LogP contribution in [0.3, 0.4) is 0 Å². The largest absolute Gasteiger partial charge is 0.497 e. The van der Waals surface area contributed by atoms with Crippen molar-refractivity contribution in [3.8, 4) is 17.2 Å². The van der Waals surface area contributed by atoms with Gasteiger partial charge in [0.2, 0.25) is 0 Å². The smallest absolute Gasteiger partial charge is 0.255 e. The van der Waals surface area contributed by atoms with Gasteiger partial charge in [0.15, 0.2) is 11.5 Å². The van der Waals surface area contributed by atoms with Crippen molar-refractivity contribution in [2.75, 3.05) is 25.6 Å². The molecular weight excluding hydrogens is 282 g/mol. The molecule has 1 N–H and O–H groups in total. The summed E-state index contributed by atoms with van der Waals surface area (Å²) in [5, 5.41) is 2.90. The van der Waals surface area contributed by atoms with E-state index in [1.807, 2.05) is 13.0 Å². The number of methoxy groups -OCH3 is 1. The minimum absolute atomic E-state index is 0.196. The summed E-state index contributed by atoms with van der Waals surface area (Å²) in [5.74, 6) is 1.81. The van der Waals surface area contributed by atoms with Crippen LogP contribution in [0.25, 0.3) is 0 Å². The fourth-order valence-corrected chi connectivity index (χ4v) is 2.28. The third-order valence-electron chi connectivity index (χ3n) is 3.47. The lowest BCUT2D eigenvalue weighted by molar-refractivity contribution is 0.102. The van der Waals surface area contributed by atoms with Gasteiger partial charge in [0.1, 0.15) is 19.0 Å². The van der Waals surface area contributed by atoms with Gasteiger partial charge in [-0.25, -0.2) is 0 Å². The van der Waals surface area contributed by atoms with E-state index in [-0.39, 0.29) is 5.91 Å². The molecule has 0 saturated heterocycles. The fourth-order valence-electron chi connectivity index (χ4n) is 2.28. The summed E-state index contributed by atoms with van der Waals surface area (Å²) in [5.41, 5.74) is 2.16. The first-order valence-electron chi connectivity index (χ1n) is 7.03. The molecule has 5 nitrogen and oxygen atoms in total. The maximum atomic E-state index is 12.4. The Bertz CT molecular complexity index is 712. The summed E-state index contributed by atoms with van der Waals surface area (Å²) in [6.45, 7) is 2.97. The molecule has 0 radical (unpaired) electrons. The molecule has 114 valence electrons. The molecule has 0 aliphatic carbocycles. The number of benzene rings is 2. The van der Waals surface area contributed by atoms with Crippen molar-refractivity contribution in [3.05, 3.63) is 47.5 Å². The average Bonchev–Trinajstić information content (AvgIpc) is 2.55. The first-order chi connectivity index (χ1) is 10.7. The molecule has 0 unspecified atom stereocenters. The molecule has 1 heterocycles. The third-order valence-corrected chi connectivity index (χ3v) is 3.47. The van der Waals surface area contributed by atoms with Crippen LogP contribution >= 0.6 is 0 Å². The monoisotopic (exact) mass is 299 g/mol. The number of anilines is 1. The van der Waals surface area contributed by atoms with Crippen molar-refractivity contribution in [1.29, 1.82) is 0 Å². The SMILES string of the molecule is COc1cccc(C(=O)Nc2cc3c(cc2C)OCCO3)c1. The van der Waals surface area contributed by atoms with Gasteiger partial charge in [-0.2, -0.15) is 0 Å². The number of amides is 1. The maximum Gasteiger partial charge on any atom is 0.255 e. The van der Waals surface area contributed by atoms with Crippen LogP contribution in [0.4, 0.5) is 5.69 Å². The highest BCUT2D eigenvalue weighted by Crippen LogP contribution is 2.35. The van der Waals surface area contributed by atoms with Gasteiger partial charge in [-0.1, -0.05) is 6.07 Å². The van der Waals surface area contributed by atoms with Crippen LogP contribution in [-0.2, 0) is 0 Å². The molecule has 3 rings (SSSR count). The molecule has 5 heteroatoms. The first-order valence-corrected chi connectivity index (χ1v) is 7.03. The molecule has 0 atom stereocenters. The van der Waals surface area contributed by atoms with Crippen molar-refractivity contribution < 1.29 is 19.0 Å². The van der Waals surface area contributed by atoms with Crippen LogP contribution in [0.15, 0.2) is 36.4 Å². The number of nitrogens with one attached hydrogen (secondary N) is 1. The second-order valence-corrected chi connectivity index (χ2v) is 5.00. The number of rotatable bonds is 3. The molecule has 0 aromatic heterocycles. The van der Waals surface area contributed by atoms with Crippen molar-refractivity contribution in [1.82, 2.24) is 0 Å². The summed E-state index contributed by atoms with van der Waals surface area (Å²) >= 11 is 0. The van der Waals surface area contributed by atoms with Crippen LogP contribution in [0.5, 0.6) is 17.2 Å². The molecule has 22 heavy (non-hydrogen) atoms. The van der Waals surface area contributed by atoms with E-state index in [9.17, 15) is 4.79 Å². The second-order valence-electron chi connectivity index (χ2n) is 5.00. The topological polar surface area (TPSA) is 56.8 Å². The van der Waals surface area contributed by atoms with Gasteiger partial charge < -0.3 is 19.5 Å². The molecule has 1 aliphatic rings. The van der Waals surface area contributed by atoms with Crippen molar-refractivity contribution >= 4 is 11.6 Å². The zero-order valence-electron chi connectivity index (χ0n) is 12.5. The van der Waals surface area contributed by atoms with Crippen molar-refractivity contribution in [2.24, 2.45) is 0 Å². The van der Waals surface area contributed by atoms with Gasteiger partial charge in [0.05, 0.1) is 7.11 Å². The summed E-state index contributed by atoms with van der Waals surface area (Å²) < 4.78 is 16.2. The van der Waals surface area contributed by atoms with E-state index < -0.39 is 0 Å². The standard InChI is InChI=1S/C17H17NO4/c1-11-8-15-16(22-7-6-21-15)10-14(11)18-17(19)12-4-3-5-13(9-12)20-2/h3-5,8-10H,6-7H2,1-2H3,(H,18,19). The number of carbonyl (C=O) groups is 1. The van der Waals surface area contributed by atoms with Gasteiger partial charge >= 0.3 is 0 Å². The number of hydrogen-bond acceptors (Lipinski definition) is 4. The summed E-state index contributed by atoms with van der Waals surface area (Å²) in [6, 6.07) is 10.7. The summed E-state index contributed by atoms with van der Waals surface area (Å²) in [6.07, 6.45) is 0. The van der Waals surface area contributed by atoms with E-state index in [0.29, 0.717) is 41.7 Å². The Labute approximate surface area is 128 Å². The van der Waals surface area contributed by atoms with Crippen LogP contribution < -0.4 is 19.5 Å². The molecule has 0 saturated carbocycles. The van der Waals surface area contributed by atoms with E-state index in [1.165, 1.54) is 0 Å². The first kappa shape index (κ1) is 14.3. The van der Waals surface area contributed by atoms with Crippen LogP contribution in [0.2, 0.25) is 0 Å². The highest BCUT2D eigenvalue weighted by atomic mass is 16.6. The summed E-state index contributed by atoms with van der Waals surface area (Å²) in [7, 11) is 1.57. The Kier molecular flexibility index (Phi) is 3.87. The minimum Gasteiger partial charge on any atom is -0.497 e. The van der Waals surface area contributed by atoms with E-state index in [0.717, 1.165) is 5.56 Å². The van der Waals surface area contributed by atoms with E-state index in [2.05, 4.69) is 5.32 Å². The van der Waals surface area contributed by atoms with Crippen LogP contribution in [0, 0.1) is 6.92 Å². The second kappa shape index (κ2) is 5.97. The van der Waals surface area contributed by atoms with E-state index in [4.69, 9.17) is 14.2 Å². The number of fused-ring (bicyclic) bond motifs is 1. The van der Waals surface area contributed by atoms with Crippen LogP contribution in [0.1, 0.15) is 15.9 Å². The van der Waals surface area contributed by atoms with Gasteiger partial charge in [-0.05, 0) is 36.8 Å². The van der Waals surface area contributed by atoms with Crippen molar-refractivity contribution in [3.63, 3.8) is 0 Å². The predicted molar refractivity (Wildman–Crippen MR) is 83.1 cm³/mol. The molecule has 2 aromatic carbocycles. The highest BCUT2D eigenvalue weighted by molar-refractivity contribution is 6.05. The Morgan fingerprint density at radius 3 is 2.59 bits per heavy atom.